The average Bonchev–Trinajstić information content (AvgIpc) is 3.43. The summed E-state index contributed by atoms with van der Waals surface area (Å²) < 4.78 is 17.5. The largest absolute Gasteiger partial charge is 0.454 e. The number of amides is 1. The molecule has 0 aromatic rings. The monoisotopic (exact) mass is 1080 g/mol. The second-order valence-corrected chi connectivity index (χ2v) is 21.0. The van der Waals surface area contributed by atoms with Crippen molar-refractivity contribution in [2.75, 3.05) is 13.2 Å². The van der Waals surface area contributed by atoms with Crippen LogP contribution in [0.2, 0.25) is 0 Å². The Morgan fingerprint density at radius 2 is 0.935 bits per heavy atom. The van der Waals surface area contributed by atoms with Crippen LogP contribution in [0.5, 0.6) is 0 Å². The average molecular weight is 1080 g/mol. The third-order valence-corrected chi connectivity index (χ3v) is 14.0. The van der Waals surface area contributed by atoms with Gasteiger partial charge in [0.2, 0.25) is 5.91 Å². The summed E-state index contributed by atoms with van der Waals surface area (Å²) in [5.41, 5.74) is 0. The summed E-state index contributed by atoms with van der Waals surface area (Å²) in [5, 5.41) is 56.9. The molecule has 1 aliphatic heterocycles. The highest BCUT2D eigenvalue weighted by Gasteiger charge is 2.47. The van der Waals surface area contributed by atoms with Crippen LogP contribution in [-0.2, 0) is 23.8 Å². The Morgan fingerprint density at radius 1 is 0.519 bits per heavy atom. The van der Waals surface area contributed by atoms with Gasteiger partial charge < -0.3 is 45.1 Å². The van der Waals surface area contributed by atoms with Gasteiger partial charge in [0.1, 0.15) is 24.4 Å². The zero-order valence-electron chi connectivity index (χ0n) is 48.8. The number of aliphatic hydroxyl groups excluding tert-OH is 5. The van der Waals surface area contributed by atoms with E-state index in [0.717, 1.165) is 89.9 Å². The summed E-state index contributed by atoms with van der Waals surface area (Å²) in [6.45, 7) is 5.61. The lowest BCUT2D eigenvalue weighted by atomic mass is 9.99. The molecule has 8 atom stereocenters. The van der Waals surface area contributed by atoms with Crippen LogP contribution in [-0.4, -0.2) is 99.6 Å². The van der Waals surface area contributed by atoms with Crippen molar-refractivity contribution in [2.45, 2.75) is 294 Å². The maximum atomic E-state index is 13.4. The number of allylic oxidation sites excluding steroid dienone is 15. The molecule has 11 nitrogen and oxygen atoms in total. The minimum atomic E-state index is -1.64. The lowest BCUT2D eigenvalue weighted by molar-refractivity contribution is -0.305. The molecule has 1 aliphatic rings. The molecule has 0 saturated carbocycles. The van der Waals surface area contributed by atoms with E-state index in [1.54, 1.807) is 6.08 Å². The minimum Gasteiger partial charge on any atom is -0.454 e. The van der Waals surface area contributed by atoms with E-state index < -0.39 is 67.4 Å². The van der Waals surface area contributed by atoms with E-state index in [9.17, 15) is 35.1 Å². The van der Waals surface area contributed by atoms with Crippen LogP contribution in [0, 0.1) is 0 Å². The van der Waals surface area contributed by atoms with E-state index in [1.165, 1.54) is 103 Å². The van der Waals surface area contributed by atoms with Gasteiger partial charge in [-0.05, 0) is 96.3 Å². The number of nitrogens with one attached hydrogen (secondary N) is 1. The number of aliphatic hydroxyl groups is 5. The van der Waals surface area contributed by atoms with E-state index in [4.69, 9.17) is 14.2 Å². The molecular weight excluding hydrogens is 967 g/mol. The Kier molecular flexibility index (Phi) is 49.5. The van der Waals surface area contributed by atoms with E-state index in [-0.39, 0.29) is 19.4 Å². The van der Waals surface area contributed by atoms with Crippen molar-refractivity contribution in [1.29, 1.82) is 0 Å². The molecule has 8 unspecified atom stereocenters. The van der Waals surface area contributed by atoms with Gasteiger partial charge in [-0.3, -0.25) is 9.59 Å². The lowest BCUT2D eigenvalue weighted by Crippen LogP contribution is -2.61. The number of carbonyl (C=O) groups excluding carboxylic acids is 2. The van der Waals surface area contributed by atoms with E-state index in [2.05, 4.69) is 99.0 Å². The molecule has 11 heteroatoms. The highest BCUT2D eigenvalue weighted by molar-refractivity contribution is 5.80. The van der Waals surface area contributed by atoms with Crippen molar-refractivity contribution in [3.63, 3.8) is 0 Å². The van der Waals surface area contributed by atoms with Gasteiger partial charge in [0.15, 0.2) is 12.4 Å². The molecule has 77 heavy (non-hydrogen) atoms. The molecule has 0 radical (unpaired) electrons. The summed E-state index contributed by atoms with van der Waals surface area (Å²) in [4.78, 5) is 26.5. The first kappa shape index (κ1) is 71.6. The van der Waals surface area contributed by atoms with Gasteiger partial charge in [0.25, 0.3) is 0 Å². The predicted octanol–water partition coefficient (Wildman–Crippen LogP) is 14.7. The zero-order valence-corrected chi connectivity index (χ0v) is 48.8. The molecule has 0 aliphatic carbocycles. The van der Waals surface area contributed by atoms with Crippen molar-refractivity contribution >= 4 is 11.9 Å². The minimum absolute atomic E-state index is 0.0410. The van der Waals surface area contributed by atoms with Crippen molar-refractivity contribution in [3.8, 4) is 0 Å². The Bertz CT molecular complexity index is 1620. The molecule has 1 rings (SSSR count). The van der Waals surface area contributed by atoms with Gasteiger partial charge in [0.05, 0.1) is 25.4 Å². The maximum absolute atomic E-state index is 13.4. The number of hydrogen-bond acceptors (Lipinski definition) is 10. The van der Waals surface area contributed by atoms with E-state index in [0.29, 0.717) is 19.3 Å². The van der Waals surface area contributed by atoms with Crippen LogP contribution < -0.4 is 5.32 Å². The molecule has 0 spiro atoms. The number of unbranched alkanes of at least 4 members (excludes halogenated alkanes) is 23. The quantitative estimate of drug-likeness (QED) is 0.0195. The zero-order chi connectivity index (χ0) is 56.1. The van der Waals surface area contributed by atoms with Gasteiger partial charge >= 0.3 is 5.97 Å². The first-order valence-corrected chi connectivity index (χ1v) is 31.0. The Morgan fingerprint density at radius 3 is 1.43 bits per heavy atom. The number of ether oxygens (including phenoxy) is 3. The molecule has 0 bridgehead atoms. The SMILES string of the molecule is CC/C=C\C/C=C\C/C=C\C/C=C\C/C=C\CCCC(=O)OC1C(OCC(NC(=O)C(O)CCCCCCCCCCCC/C=C\C/C=C\CCCCC)C(O)/C=C/CCCCCCCCCCC)OC(CO)C(O)C1O. The van der Waals surface area contributed by atoms with Gasteiger partial charge in [-0.1, -0.05) is 240 Å². The fourth-order valence-electron chi connectivity index (χ4n) is 9.07. The Balaban J connectivity index is 2.69. The van der Waals surface area contributed by atoms with Crippen LogP contribution in [0.1, 0.15) is 245 Å². The van der Waals surface area contributed by atoms with Crippen LogP contribution >= 0.6 is 0 Å². The van der Waals surface area contributed by atoms with E-state index in [1.807, 2.05) is 18.2 Å². The van der Waals surface area contributed by atoms with Crippen LogP contribution in [0.4, 0.5) is 0 Å². The van der Waals surface area contributed by atoms with Crippen molar-refractivity contribution < 1.29 is 49.3 Å². The van der Waals surface area contributed by atoms with E-state index >= 15 is 0 Å². The molecule has 1 saturated heterocycles. The Labute approximate surface area is 469 Å². The third-order valence-electron chi connectivity index (χ3n) is 14.0. The van der Waals surface area contributed by atoms with Crippen molar-refractivity contribution in [3.05, 3.63) is 97.2 Å². The summed E-state index contributed by atoms with van der Waals surface area (Å²) >= 11 is 0. The summed E-state index contributed by atoms with van der Waals surface area (Å²) in [6, 6.07) is -1.04. The topological polar surface area (TPSA) is 175 Å². The first-order valence-electron chi connectivity index (χ1n) is 31.0. The fourth-order valence-corrected chi connectivity index (χ4v) is 9.07. The van der Waals surface area contributed by atoms with Crippen LogP contribution in [0.3, 0.4) is 0 Å². The molecule has 1 fully saturated rings. The first-order chi connectivity index (χ1) is 37.7. The number of esters is 1. The van der Waals surface area contributed by atoms with Crippen molar-refractivity contribution in [2.24, 2.45) is 0 Å². The maximum Gasteiger partial charge on any atom is 0.306 e. The summed E-state index contributed by atoms with van der Waals surface area (Å²) in [5.74, 6) is -1.26. The molecular formula is C66H113NO10. The van der Waals surface area contributed by atoms with Crippen LogP contribution in [0.25, 0.3) is 0 Å². The smallest absolute Gasteiger partial charge is 0.306 e. The highest BCUT2D eigenvalue weighted by atomic mass is 16.7. The number of carbonyl (C=O) groups is 2. The summed E-state index contributed by atoms with van der Waals surface area (Å²) in [7, 11) is 0. The molecule has 0 aromatic carbocycles. The molecule has 1 heterocycles. The molecule has 1 amide bonds. The third kappa shape index (κ3) is 41.3. The standard InChI is InChI=1S/C66H113NO10/c1-4-7-10-13-16-19-22-24-26-28-29-30-32-33-35-38-41-44-47-50-53-59(70)65(74)67-57(58(69)52-49-46-43-40-37-21-18-15-12-9-6-3)56-75-66-64(63(73)62(72)60(55-68)76-66)77-61(71)54-51-48-45-42-39-36-34-31-27-25-23-20-17-14-11-8-5-2/h8,11,16-17,19-20,24-27,34,36,42,45,49,52,57-60,62-64,66,68-70,72-73H,4-7,9-10,12-15,18,21-23,28-33,35,37-41,43-44,46-48,50-51,53-56H2,1-3H3,(H,67,74)/b11-8-,19-16-,20-17-,26-24-,27-25-,36-34-,45-42-,52-49+. The molecule has 442 valence electrons. The normalized spacial score (nSPS) is 19.7. The predicted molar refractivity (Wildman–Crippen MR) is 319 cm³/mol. The number of rotatable bonds is 51. The second-order valence-electron chi connectivity index (χ2n) is 21.0. The summed E-state index contributed by atoms with van der Waals surface area (Å²) in [6.07, 6.45) is 60.2. The molecule has 0 aromatic heterocycles. The van der Waals surface area contributed by atoms with Gasteiger partial charge in [-0.15, -0.1) is 0 Å². The second kappa shape index (κ2) is 53.2. The van der Waals surface area contributed by atoms with Crippen molar-refractivity contribution in [1.82, 2.24) is 5.32 Å². The molecule has 6 N–H and O–H groups in total. The van der Waals surface area contributed by atoms with Gasteiger partial charge in [0, 0.05) is 6.42 Å². The number of hydrogen-bond donors (Lipinski definition) is 6. The van der Waals surface area contributed by atoms with Gasteiger partial charge in [-0.2, -0.15) is 0 Å². The highest BCUT2D eigenvalue weighted by Crippen LogP contribution is 2.26. The lowest BCUT2D eigenvalue weighted by Gasteiger charge is -2.41. The Hall–Kier alpha value is -3.42. The van der Waals surface area contributed by atoms with Gasteiger partial charge in [-0.25, -0.2) is 0 Å². The fraction of sp³-hybridized carbons (Fsp3) is 0.727. The van der Waals surface area contributed by atoms with Crippen LogP contribution in [0.15, 0.2) is 97.2 Å².